The van der Waals surface area contributed by atoms with Crippen LogP contribution in [0.3, 0.4) is 0 Å². The summed E-state index contributed by atoms with van der Waals surface area (Å²) in [4.78, 5) is 13.9. The first-order chi connectivity index (χ1) is 11.0. The average molecular weight is 311 g/mol. The van der Waals surface area contributed by atoms with Crippen molar-refractivity contribution in [3.8, 4) is 0 Å². The molecule has 2 amide bonds. The second kappa shape index (κ2) is 6.24. The Morgan fingerprint density at radius 3 is 2.70 bits per heavy atom. The minimum atomic E-state index is -0.276. The van der Waals surface area contributed by atoms with Gasteiger partial charge in [-0.15, -0.1) is 10.2 Å². The molecule has 2 N–H and O–H groups in total. The van der Waals surface area contributed by atoms with E-state index in [1.165, 1.54) is 11.3 Å². The summed E-state index contributed by atoms with van der Waals surface area (Å²) in [5, 5.41) is 13.8. The summed E-state index contributed by atoms with van der Waals surface area (Å²) in [6.45, 7) is 5.98. The van der Waals surface area contributed by atoms with Crippen molar-refractivity contribution in [3.63, 3.8) is 0 Å². The third kappa shape index (κ3) is 3.26. The predicted molar refractivity (Wildman–Crippen MR) is 91.1 cm³/mol. The molecule has 1 unspecified atom stereocenters. The lowest BCUT2D eigenvalue weighted by Crippen LogP contribution is -2.34. The van der Waals surface area contributed by atoms with E-state index in [1.54, 1.807) is 6.07 Å². The number of rotatable bonds is 3. The highest BCUT2D eigenvalue weighted by Gasteiger charge is 2.27. The number of amides is 2. The second-order valence-corrected chi connectivity index (χ2v) is 6.08. The molecule has 0 bridgehead atoms. The van der Waals surface area contributed by atoms with Gasteiger partial charge in [0.1, 0.15) is 0 Å². The fourth-order valence-corrected chi connectivity index (χ4v) is 2.85. The zero-order valence-electron chi connectivity index (χ0n) is 13.6. The molecule has 1 atom stereocenters. The normalized spacial score (nSPS) is 16.3. The number of anilines is 3. The summed E-state index contributed by atoms with van der Waals surface area (Å²) in [6.07, 6.45) is 0.995. The van der Waals surface area contributed by atoms with Crippen LogP contribution >= 0.6 is 0 Å². The first-order valence-electron chi connectivity index (χ1n) is 7.83. The predicted octanol–water partition coefficient (Wildman–Crippen LogP) is 3.09. The molecule has 6 heteroatoms. The van der Waals surface area contributed by atoms with Crippen LogP contribution in [0.1, 0.15) is 26.3 Å². The van der Waals surface area contributed by atoms with Crippen LogP contribution < -0.4 is 15.5 Å². The third-order valence-electron chi connectivity index (χ3n) is 3.77. The van der Waals surface area contributed by atoms with Crippen molar-refractivity contribution in [2.45, 2.75) is 39.3 Å². The van der Waals surface area contributed by atoms with Gasteiger partial charge in [0.05, 0.1) is 0 Å². The summed E-state index contributed by atoms with van der Waals surface area (Å²) in [6, 6.07) is 12.1. The van der Waals surface area contributed by atoms with E-state index in [9.17, 15) is 4.79 Å². The van der Waals surface area contributed by atoms with Gasteiger partial charge in [-0.05, 0) is 51.0 Å². The molecule has 0 saturated heterocycles. The van der Waals surface area contributed by atoms with Crippen LogP contribution in [0.15, 0.2) is 36.4 Å². The highest BCUT2D eigenvalue weighted by atomic mass is 16.2. The quantitative estimate of drug-likeness (QED) is 0.914. The highest BCUT2D eigenvalue weighted by molar-refractivity contribution is 5.88. The number of carbonyl (C=O) groups is 1. The fraction of sp³-hybridized carbons (Fsp3) is 0.353. The minimum Gasteiger partial charge on any atom is -0.336 e. The van der Waals surface area contributed by atoms with E-state index < -0.39 is 0 Å². The summed E-state index contributed by atoms with van der Waals surface area (Å²) in [5.74, 6) is 1.23. The molecular formula is C17H21N5O. The lowest BCUT2D eigenvalue weighted by Gasteiger charge is -2.23. The van der Waals surface area contributed by atoms with Gasteiger partial charge in [-0.25, -0.2) is 4.79 Å². The maximum Gasteiger partial charge on any atom is 0.320 e. The zero-order chi connectivity index (χ0) is 16.4. The van der Waals surface area contributed by atoms with Crippen LogP contribution in [0.4, 0.5) is 22.1 Å². The number of hydrogen-bond donors (Lipinski definition) is 2. The van der Waals surface area contributed by atoms with Crippen LogP contribution in [0, 0.1) is 0 Å². The molecule has 2 heterocycles. The van der Waals surface area contributed by atoms with E-state index >= 15 is 0 Å². The van der Waals surface area contributed by atoms with Gasteiger partial charge >= 0.3 is 6.03 Å². The summed E-state index contributed by atoms with van der Waals surface area (Å²) in [5.41, 5.74) is 2.49. The molecule has 1 aromatic heterocycles. The van der Waals surface area contributed by atoms with Crippen molar-refractivity contribution in [1.82, 2.24) is 15.5 Å². The number of nitrogens with one attached hydrogen (secondary N) is 2. The molecule has 0 spiro atoms. The smallest absolute Gasteiger partial charge is 0.320 e. The van der Waals surface area contributed by atoms with E-state index in [0.29, 0.717) is 11.9 Å². The lowest BCUT2D eigenvalue weighted by atomic mass is 10.1. The van der Waals surface area contributed by atoms with Gasteiger partial charge in [0.25, 0.3) is 0 Å². The third-order valence-corrected chi connectivity index (χ3v) is 3.77. The Morgan fingerprint density at radius 2 is 2.00 bits per heavy atom. The Hall–Kier alpha value is -2.63. The monoisotopic (exact) mass is 311 g/mol. The number of hydrogen-bond acceptors (Lipinski definition) is 4. The molecule has 0 aliphatic carbocycles. The Balaban J connectivity index is 1.76. The second-order valence-electron chi connectivity index (χ2n) is 6.08. The number of nitrogens with zero attached hydrogens (tertiary/aromatic N) is 3. The summed E-state index contributed by atoms with van der Waals surface area (Å²) < 4.78 is 0. The summed E-state index contributed by atoms with van der Waals surface area (Å²) in [7, 11) is 0. The number of para-hydroxylation sites is 1. The standard InChI is InChI=1S/C17H21N5O/c1-11(2)18-17(23)19-15-8-9-16(21-20-15)22-12(3)10-13-6-4-5-7-14(13)22/h4-9,11-12H,10H2,1-3H3,(H2,18,19,20,23). The lowest BCUT2D eigenvalue weighted by molar-refractivity contribution is 0.250. The molecule has 0 radical (unpaired) electrons. The van der Waals surface area contributed by atoms with Crippen LogP contribution in [-0.4, -0.2) is 28.3 Å². The molecule has 1 aromatic carbocycles. The molecule has 0 fully saturated rings. The maximum atomic E-state index is 11.7. The van der Waals surface area contributed by atoms with Gasteiger partial charge in [0, 0.05) is 17.8 Å². The van der Waals surface area contributed by atoms with Crippen molar-refractivity contribution in [3.05, 3.63) is 42.0 Å². The van der Waals surface area contributed by atoms with Gasteiger partial charge in [0.15, 0.2) is 11.6 Å². The number of carbonyl (C=O) groups excluding carboxylic acids is 1. The fourth-order valence-electron chi connectivity index (χ4n) is 2.85. The van der Waals surface area contributed by atoms with E-state index in [1.807, 2.05) is 26.0 Å². The number of aromatic nitrogens is 2. The Morgan fingerprint density at radius 1 is 1.22 bits per heavy atom. The Kier molecular flexibility index (Phi) is 4.14. The Bertz CT molecular complexity index is 698. The van der Waals surface area contributed by atoms with Crippen molar-refractivity contribution in [2.75, 3.05) is 10.2 Å². The van der Waals surface area contributed by atoms with Crippen LogP contribution in [0.5, 0.6) is 0 Å². The number of benzene rings is 1. The molecule has 0 saturated carbocycles. The van der Waals surface area contributed by atoms with Gasteiger partial charge in [-0.3, -0.25) is 5.32 Å². The SMILES string of the molecule is CC(C)NC(=O)Nc1ccc(N2c3ccccc3CC2C)nn1. The molecule has 3 rings (SSSR count). The van der Waals surface area contributed by atoms with Gasteiger partial charge in [0.2, 0.25) is 0 Å². The first kappa shape index (κ1) is 15.3. The summed E-state index contributed by atoms with van der Waals surface area (Å²) >= 11 is 0. The average Bonchev–Trinajstić information content (AvgIpc) is 2.83. The maximum absolute atomic E-state index is 11.7. The molecule has 23 heavy (non-hydrogen) atoms. The highest BCUT2D eigenvalue weighted by Crippen LogP contribution is 2.36. The van der Waals surface area contributed by atoms with Crippen molar-refractivity contribution >= 4 is 23.4 Å². The molecule has 2 aromatic rings. The molecular weight excluding hydrogens is 290 g/mol. The molecule has 1 aliphatic heterocycles. The van der Waals surface area contributed by atoms with Gasteiger partial charge < -0.3 is 10.2 Å². The van der Waals surface area contributed by atoms with Crippen LogP contribution in [-0.2, 0) is 6.42 Å². The Labute approximate surface area is 135 Å². The van der Waals surface area contributed by atoms with Crippen LogP contribution in [0.2, 0.25) is 0 Å². The van der Waals surface area contributed by atoms with Gasteiger partial charge in [-0.2, -0.15) is 0 Å². The van der Waals surface area contributed by atoms with Gasteiger partial charge in [-0.1, -0.05) is 18.2 Å². The molecule has 1 aliphatic rings. The topological polar surface area (TPSA) is 70.2 Å². The van der Waals surface area contributed by atoms with E-state index in [0.717, 1.165) is 12.2 Å². The van der Waals surface area contributed by atoms with Crippen molar-refractivity contribution < 1.29 is 4.79 Å². The number of fused-ring (bicyclic) bond motifs is 1. The zero-order valence-corrected chi connectivity index (χ0v) is 13.6. The van der Waals surface area contributed by atoms with Crippen molar-refractivity contribution in [2.24, 2.45) is 0 Å². The van der Waals surface area contributed by atoms with Crippen molar-refractivity contribution in [1.29, 1.82) is 0 Å². The first-order valence-corrected chi connectivity index (χ1v) is 7.83. The van der Waals surface area contributed by atoms with E-state index in [2.05, 4.69) is 50.9 Å². The van der Waals surface area contributed by atoms with Crippen LogP contribution in [0.25, 0.3) is 0 Å². The molecule has 6 nitrogen and oxygen atoms in total. The minimum absolute atomic E-state index is 0.0733. The van der Waals surface area contributed by atoms with E-state index in [4.69, 9.17) is 0 Å². The molecule has 120 valence electrons. The largest absolute Gasteiger partial charge is 0.336 e. The van der Waals surface area contributed by atoms with E-state index in [-0.39, 0.29) is 12.1 Å². The number of urea groups is 1.